The van der Waals surface area contributed by atoms with Gasteiger partial charge >= 0.3 is 46.9 Å². The number of unbranched alkanes of at least 4 members (excludes halogenated alkanes) is 2. The van der Waals surface area contributed by atoms with Crippen molar-refractivity contribution in [3.8, 4) is 22.6 Å². The van der Waals surface area contributed by atoms with Crippen molar-refractivity contribution >= 4 is 23.5 Å². The minimum Gasteiger partial charge on any atom is -0.493 e. The Hall–Kier alpha value is -2.74. The molecule has 26 heteroatoms. The number of thioether (sulfide) groups is 2. The molecule has 0 heterocycles. The number of hydrogen-bond donors (Lipinski definition) is 0. The Morgan fingerprint density at radius 3 is 1.26 bits per heavy atom. The average Bonchev–Trinajstić information content (AvgIpc) is 3.07. The van der Waals surface area contributed by atoms with Gasteiger partial charge in [-0.15, -0.1) is 0 Å². The van der Waals surface area contributed by atoms with Gasteiger partial charge in [0.15, 0.2) is 0 Å². The molecule has 0 aromatic heterocycles. The molecule has 0 fully saturated rings. The molecule has 4 nitrogen and oxygen atoms in total. The van der Waals surface area contributed by atoms with Crippen LogP contribution in [0.15, 0.2) is 42.5 Å². The molecule has 0 aliphatic rings. The molecule has 2 rings (SSSR count). The van der Waals surface area contributed by atoms with E-state index >= 15 is 0 Å². The number of benzene rings is 2. The molecule has 0 amide bonds. The molecular weight excluding hydrogens is 880 g/mol. The summed E-state index contributed by atoms with van der Waals surface area (Å²) in [6.45, 7) is 0.199. The summed E-state index contributed by atoms with van der Waals surface area (Å²) in [6, 6.07) is 10.0. The van der Waals surface area contributed by atoms with Gasteiger partial charge in [0.2, 0.25) is 0 Å². The summed E-state index contributed by atoms with van der Waals surface area (Å²) in [7, 11) is 0. The number of aryl methyl sites for hydroxylation is 1. The van der Waals surface area contributed by atoms with Crippen molar-refractivity contribution in [2.75, 3.05) is 24.7 Å². The van der Waals surface area contributed by atoms with E-state index in [1.54, 1.807) is 24.3 Å². The highest BCUT2D eigenvalue weighted by Gasteiger charge is 2.77. The van der Waals surface area contributed by atoms with E-state index in [0.717, 1.165) is 30.9 Å². The first kappa shape index (κ1) is 50.4. The van der Waals surface area contributed by atoms with Crippen molar-refractivity contribution in [1.29, 1.82) is 0 Å². The predicted octanol–water partition coefficient (Wildman–Crippen LogP) is 12.7. The summed E-state index contributed by atoms with van der Waals surface area (Å²) in [6.07, 6.45) is -33.5. The topological polar surface area (TPSA) is 36.9 Å². The summed E-state index contributed by atoms with van der Waals surface area (Å²) in [5, 5.41) is -10.3. The van der Waals surface area contributed by atoms with Gasteiger partial charge in [-0.3, -0.25) is 9.47 Å². The number of halogens is 20. The smallest absolute Gasteiger partial charge is 0.462 e. The minimum atomic E-state index is -7.06. The molecule has 0 aliphatic carbocycles. The van der Waals surface area contributed by atoms with Gasteiger partial charge in [-0.25, -0.2) is 8.78 Å². The van der Waals surface area contributed by atoms with Crippen molar-refractivity contribution in [3.05, 3.63) is 48.0 Å². The Bertz CT molecular complexity index is 1470. The standard InChI is InChI=1S/C31H28F20O4S2/c1-2-3-4-5-17-6-8-18(9-7-17)19-14-20(52-10-12-56-24(34,35)22(32)54-30(48,49)26(38,39)28(42,43)44)16-21(15-19)53-11-13-57-25(36,37)23(33)55-31(50,51)27(40,41)29(45,46)47/h6-9,14-16,22-23H,2-5,10-13H2,1H3. The van der Waals surface area contributed by atoms with Crippen LogP contribution in [0.4, 0.5) is 87.8 Å². The normalized spacial score (nSPS) is 15.1. The molecule has 328 valence electrons. The third-order valence-corrected chi connectivity index (χ3v) is 8.89. The molecular formula is C31H28F20O4S2. The number of alkyl halides is 20. The van der Waals surface area contributed by atoms with E-state index < -0.39 is 108 Å². The first-order valence-electron chi connectivity index (χ1n) is 15.6. The third-order valence-electron chi connectivity index (χ3n) is 7.00. The fourth-order valence-corrected chi connectivity index (χ4v) is 5.26. The Morgan fingerprint density at radius 1 is 0.526 bits per heavy atom. The van der Waals surface area contributed by atoms with Gasteiger partial charge in [0.25, 0.3) is 12.7 Å². The molecule has 2 aromatic carbocycles. The van der Waals surface area contributed by atoms with Gasteiger partial charge in [-0.1, -0.05) is 67.6 Å². The lowest BCUT2D eigenvalue weighted by atomic mass is 10.0. The SMILES string of the molecule is CCCCCc1ccc(-c2cc(OCCSC(F)(F)C(F)OC(F)(F)C(F)(F)C(F)(F)F)cc(OCCSC(F)(F)C(F)OC(F)(F)C(F)(F)C(F)(F)F)c2)cc1. The Labute approximate surface area is 317 Å². The zero-order valence-corrected chi connectivity index (χ0v) is 30.0. The molecule has 2 atom stereocenters. The van der Waals surface area contributed by atoms with Crippen LogP contribution in [0.1, 0.15) is 31.7 Å². The Balaban J connectivity index is 2.17. The second kappa shape index (κ2) is 19.1. The fraction of sp³-hybridized carbons (Fsp3) is 0.613. The maximum Gasteiger partial charge on any atom is 0.462 e. The highest BCUT2D eigenvalue weighted by Crippen LogP contribution is 2.51. The lowest BCUT2D eigenvalue weighted by Gasteiger charge is -2.30. The van der Waals surface area contributed by atoms with Gasteiger partial charge < -0.3 is 9.47 Å². The Morgan fingerprint density at radius 2 is 0.912 bits per heavy atom. The van der Waals surface area contributed by atoms with E-state index in [1.807, 2.05) is 6.92 Å². The molecule has 0 bridgehead atoms. The van der Waals surface area contributed by atoms with Crippen LogP contribution >= 0.6 is 23.5 Å². The van der Waals surface area contributed by atoms with Crippen LogP contribution in [0.2, 0.25) is 0 Å². The molecule has 57 heavy (non-hydrogen) atoms. The molecule has 0 spiro atoms. The highest BCUT2D eigenvalue weighted by atomic mass is 32.2. The lowest BCUT2D eigenvalue weighted by Crippen LogP contribution is -2.55. The van der Waals surface area contributed by atoms with E-state index in [2.05, 4.69) is 9.47 Å². The Kier molecular flexibility index (Phi) is 16.9. The van der Waals surface area contributed by atoms with E-state index in [9.17, 15) is 87.8 Å². The van der Waals surface area contributed by atoms with E-state index in [-0.39, 0.29) is 17.1 Å². The minimum absolute atomic E-state index is 0.202. The monoisotopic (exact) mass is 908 g/mol. The first-order valence-corrected chi connectivity index (χ1v) is 17.6. The zero-order valence-electron chi connectivity index (χ0n) is 28.4. The van der Waals surface area contributed by atoms with Crippen LogP contribution in [0.5, 0.6) is 11.5 Å². The first-order chi connectivity index (χ1) is 25.8. The molecule has 2 aromatic rings. The summed E-state index contributed by atoms with van der Waals surface area (Å²) >= 11 is -1.80. The summed E-state index contributed by atoms with van der Waals surface area (Å²) in [5.41, 5.74) is 1.51. The van der Waals surface area contributed by atoms with Crippen LogP contribution in [0.3, 0.4) is 0 Å². The van der Waals surface area contributed by atoms with Crippen LogP contribution in [0.25, 0.3) is 11.1 Å². The number of hydrogen-bond acceptors (Lipinski definition) is 6. The van der Waals surface area contributed by atoms with Crippen molar-refractivity contribution in [1.82, 2.24) is 0 Å². The van der Waals surface area contributed by atoms with Gasteiger partial charge in [0.1, 0.15) is 11.5 Å². The molecule has 0 saturated carbocycles. The van der Waals surface area contributed by atoms with Crippen molar-refractivity contribution in [3.63, 3.8) is 0 Å². The lowest BCUT2D eigenvalue weighted by molar-refractivity contribution is -0.446. The number of rotatable bonds is 23. The summed E-state index contributed by atoms with van der Waals surface area (Å²) < 4.78 is 277. The highest BCUT2D eigenvalue weighted by molar-refractivity contribution is 8.00. The van der Waals surface area contributed by atoms with E-state index in [4.69, 9.17) is 9.47 Å². The largest absolute Gasteiger partial charge is 0.493 e. The van der Waals surface area contributed by atoms with Crippen LogP contribution in [0, 0.1) is 0 Å². The van der Waals surface area contributed by atoms with Gasteiger partial charge in [-0.05, 0) is 41.7 Å². The third kappa shape index (κ3) is 13.4. The van der Waals surface area contributed by atoms with Crippen LogP contribution in [-0.2, 0) is 15.9 Å². The van der Waals surface area contributed by atoms with Crippen molar-refractivity contribution in [2.45, 2.75) is 92.2 Å². The predicted molar refractivity (Wildman–Crippen MR) is 165 cm³/mol. The maximum atomic E-state index is 14.1. The summed E-state index contributed by atoms with van der Waals surface area (Å²) in [4.78, 5) is 0. The average molecular weight is 909 g/mol. The zero-order chi connectivity index (χ0) is 43.9. The van der Waals surface area contributed by atoms with Crippen molar-refractivity contribution < 1.29 is 107 Å². The fourth-order valence-electron chi connectivity index (χ4n) is 4.03. The molecule has 0 radical (unpaired) electrons. The molecule has 0 N–H and O–H groups in total. The molecule has 0 aliphatic heterocycles. The van der Waals surface area contributed by atoms with E-state index in [1.165, 1.54) is 12.1 Å². The number of ether oxygens (including phenoxy) is 4. The van der Waals surface area contributed by atoms with Gasteiger partial charge in [0, 0.05) is 17.6 Å². The second-order valence-electron chi connectivity index (χ2n) is 11.4. The second-order valence-corrected chi connectivity index (χ2v) is 13.9. The van der Waals surface area contributed by atoms with Crippen molar-refractivity contribution in [2.24, 2.45) is 0 Å². The van der Waals surface area contributed by atoms with Gasteiger partial charge in [0.05, 0.1) is 13.2 Å². The van der Waals surface area contributed by atoms with Gasteiger partial charge in [-0.2, -0.15) is 79.0 Å². The van der Waals surface area contributed by atoms with E-state index in [0.29, 0.717) is 12.0 Å². The summed E-state index contributed by atoms with van der Waals surface area (Å²) in [5.74, 6) is -16.9. The quantitative estimate of drug-likeness (QED) is 0.0817. The van der Waals surface area contributed by atoms with Crippen LogP contribution in [-0.4, -0.2) is 84.4 Å². The molecule has 0 saturated heterocycles. The maximum absolute atomic E-state index is 14.1. The molecule has 2 unspecified atom stereocenters. The van der Waals surface area contributed by atoms with Crippen LogP contribution < -0.4 is 9.47 Å².